The second-order valence-corrected chi connectivity index (χ2v) is 5.63. The molecule has 0 atom stereocenters. The normalized spacial score (nSPS) is 10.9. The third-order valence-corrected chi connectivity index (χ3v) is 2.43. The number of aliphatic carboxylic acids is 1. The first kappa shape index (κ1) is 17.4. The highest BCUT2D eigenvalue weighted by Crippen LogP contribution is 2.12. The van der Waals surface area contributed by atoms with Crippen LogP contribution < -0.4 is 5.73 Å². The van der Waals surface area contributed by atoms with Crippen molar-refractivity contribution >= 4 is 18.0 Å². The molecule has 8 nitrogen and oxygen atoms in total. The van der Waals surface area contributed by atoms with E-state index in [0.717, 1.165) is 4.90 Å². The highest BCUT2D eigenvalue weighted by molar-refractivity contribution is 5.92. The molecule has 120 valence electrons. The second-order valence-electron chi connectivity index (χ2n) is 5.63. The van der Waals surface area contributed by atoms with Crippen molar-refractivity contribution in [2.45, 2.75) is 32.9 Å². The molecule has 0 bridgehead atoms. The van der Waals surface area contributed by atoms with Gasteiger partial charge in [0.05, 0.1) is 12.2 Å². The van der Waals surface area contributed by atoms with Crippen LogP contribution in [0.3, 0.4) is 0 Å². The van der Waals surface area contributed by atoms with Crippen molar-refractivity contribution in [3.8, 4) is 0 Å². The van der Waals surface area contributed by atoms with Gasteiger partial charge in [0, 0.05) is 11.8 Å². The number of ether oxygens (including phenoxy) is 1. The fourth-order valence-electron chi connectivity index (χ4n) is 1.59. The molecule has 1 heterocycles. The highest BCUT2D eigenvalue weighted by atomic mass is 16.6. The van der Waals surface area contributed by atoms with Gasteiger partial charge in [0.25, 0.3) is 0 Å². The van der Waals surface area contributed by atoms with Crippen molar-refractivity contribution in [1.82, 2.24) is 9.88 Å². The van der Waals surface area contributed by atoms with Crippen LogP contribution in [0.2, 0.25) is 0 Å². The maximum absolute atomic E-state index is 12.0. The first-order chi connectivity index (χ1) is 10.1. The van der Waals surface area contributed by atoms with Crippen LogP contribution in [0.5, 0.6) is 0 Å². The predicted molar refractivity (Wildman–Crippen MR) is 77.0 cm³/mol. The average molecular weight is 309 g/mol. The van der Waals surface area contributed by atoms with Gasteiger partial charge in [-0.3, -0.25) is 19.5 Å². The molecule has 8 heteroatoms. The Morgan fingerprint density at radius 1 is 1.36 bits per heavy atom. The molecule has 0 saturated carbocycles. The molecule has 0 radical (unpaired) electrons. The van der Waals surface area contributed by atoms with E-state index in [0.29, 0.717) is 5.69 Å². The number of primary amides is 1. The number of pyridine rings is 1. The number of hydrogen-bond donors (Lipinski definition) is 2. The fourth-order valence-corrected chi connectivity index (χ4v) is 1.59. The summed E-state index contributed by atoms with van der Waals surface area (Å²) in [5.74, 6) is -1.82. The van der Waals surface area contributed by atoms with Crippen LogP contribution in [-0.4, -0.2) is 45.1 Å². The van der Waals surface area contributed by atoms with E-state index in [1.54, 1.807) is 20.8 Å². The summed E-state index contributed by atoms with van der Waals surface area (Å²) in [6.07, 6.45) is 0.588. The average Bonchev–Trinajstić information content (AvgIpc) is 2.35. The maximum Gasteiger partial charge on any atom is 0.411 e. The van der Waals surface area contributed by atoms with Crippen molar-refractivity contribution < 1.29 is 24.2 Å². The second kappa shape index (κ2) is 6.88. The first-order valence-corrected chi connectivity index (χ1v) is 6.53. The summed E-state index contributed by atoms with van der Waals surface area (Å²) in [5, 5.41) is 8.91. The lowest BCUT2D eigenvalue weighted by Gasteiger charge is -2.26. The lowest BCUT2D eigenvalue weighted by Crippen LogP contribution is -2.39. The number of carboxylic acid groups (broad SMARTS) is 1. The van der Waals surface area contributed by atoms with Gasteiger partial charge in [-0.25, -0.2) is 4.79 Å². The number of aromatic nitrogens is 1. The summed E-state index contributed by atoms with van der Waals surface area (Å²) in [4.78, 5) is 39.1. The molecule has 0 unspecified atom stereocenters. The van der Waals surface area contributed by atoms with Crippen molar-refractivity contribution in [3.63, 3.8) is 0 Å². The van der Waals surface area contributed by atoms with Crippen LogP contribution >= 0.6 is 0 Å². The van der Waals surface area contributed by atoms with Crippen molar-refractivity contribution in [3.05, 3.63) is 29.6 Å². The molecular formula is C14H19N3O5. The summed E-state index contributed by atoms with van der Waals surface area (Å²) < 4.78 is 5.15. The van der Waals surface area contributed by atoms with Gasteiger partial charge >= 0.3 is 12.1 Å². The molecule has 22 heavy (non-hydrogen) atoms. The highest BCUT2D eigenvalue weighted by Gasteiger charge is 2.24. The number of nitrogens with two attached hydrogens (primary N) is 1. The zero-order chi connectivity index (χ0) is 16.9. The SMILES string of the molecule is CC(C)(C)OC(=O)N(CC(=O)O)Cc1cc(C(N)=O)ccn1. The number of nitrogens with zero attached hydrogens (tertiary/aromatic N) is 2. The molecule has 0 aliphatic rings. The minimum atomic E-state index is -1.18. The van der Waals surface area contributed by atoms with E-state index in [2.05, 4.69) is 4.98 Å². The predicted octanol–water partition coefficient (Wildman–Crippen LogP) is 1.00. The van der Waals surface area contributed by atoms with E-state index >= 15 is 0 Å². The Morgan fingerprint density at radius 3 is 2.50 bits per heavy atom. The van der Waals surface area contributed by atoms with Gasteiger partial charge in [0.2, 0.25) is 5.91 Å². The Morgan fingerprint density at radius 2 is 2.00 bits per heavy atom. The van der Waals surface area contributed by atoms with Crippen LogP contribution in [0, 0.1) is 0 Å². The molecule has 0 saturated heterocycles. The molecule has 0 aromatic carbocycles. The van der Waals surface area contributed by atoms with Gasteiger partial charge in [0.1, 0.15) is 12.1 Å². The lowest BCUT2D eigenvalue weighted by atomic mass is 10.2. The molecule has 1 aromatic rings. The Kier molecular flexibility index (Phi) is 5.44. The summed E-state index contributed by atoms with van der Waals surface area (Å²) >= 11 is 0. The Labute approximate surface area is 127 Å². The summed E-state index contributed by atoms with van der Waals surface area (Å²) in [6, 6.07) is 2.84. The van der Waals surface area contributed by atoms with Gasteiger partial charge in [-0.1, -0.05) is 0 Å². The number of amides is 2. The van der Waals surface area contributed by atoms with Crippen LogP contribution in [0.1, 0.15) is 36.8 Å². The smallest absolute Gasteiger partial charge is 0.411 e. The van der Waals surface area contributed by atoms with Gasteiger partial charge in [-0.05, 0) is 32.9 Å². The number of hydrogen-bond acceptors (Lipinski definition) is 5. The third kappa shape index (κ3) is 5.78. The van der Waals surface area contributed by atoms with E-state index in [1.807, 2.05) is 0 Å². The summed E-state index contributed by atoms with van der Waals surface area (Å²) in [7, 11) is 0. The number of carbonyl (C=O) groups excluding carboxylic acids is 2. The quantitative estimate of drug-likeness (QED) is 0.836. The van der Waals surface area contributed by atoms with Crippen molar-refractivity contribution in [2.75, 3.05) is 6.54 Å². The number of rotatable bonds is 5. The molecule has 3 N–H and O–H groups in total. The van der Waals surface area contributed by atoms with E-state index in [-0.39, 0.29) is 12.1 Å². The van der Waals surface area contributed by atoms with E-state index in [9.17, 15) is 14.4 Å². The Hall–Kier alpha value is -2.64. The Balaban J connectivity index is 2.93. The molecule has 0 fully saturated rings. The molecule has 0 spiro atoms. The fraction of sp³-hybridized carbons (Fsp3) is 0.429. The van der Waals surface area contributed by atoms with Gasteiger partial charge in [-0.15, -0.1) is 0 Å². The van der Waals surface area contributed by atoms with Crippen LogP contribution in [0.15, 0.2) is 18.3 Å². The first-order valence-electron chi connectivity index (χ1n) is 6.53. The van der Waals surface area contributed by atoms with E-state index < -0.39 is 30.1 Å². The minimum absolute atomic E-state index is 0.109. The van der Waals surface area contributed by atoms with Gasteiger partial charge in [0.15, 0.2) is 0 Å². The van der Waals surface area contributed by atoms with Gasteiger partial charge < -0.3 is 15.6 Å². The molecule has 1 rings (SSSR count). The molecule has 0 aliphatic heterocycles. The summed E-state index contributed by atoms with van der Waals surface area (Å²) in [5.41, 5.74) is 4.98. The third-order valence-electron chi connectivity index (χ3n) is 2.43. The zero-order valence-electron chi connectivity index (χ0n) is 12.7. The minimum Gasteiger partial charge on any atom is -0.480 e. The molecule has 0 aliphatic carbocycles. The maximum atomic E-state index is 12.0. The van der Waals surface area contributed by atoms with E-state index in [1.165, 1.54) is 18.3 Å². The van der Waals surface area contributed by atoms with Crippen molar-refractivity contribution in [2.24, 2.45) is 5.73 Å². The van der Waals surface area contributed by atoms with Crippen LogP contribution in [0.4, 0.5) is 4.79 Å². The Bertz CT molecular complexity index is 580. The summed E-state index contributed by atoms with van der Waals surface area (Å²) in [6.45, 7) is 4.38. The molecular weight excluding hydrogens is 290 g/mol. The van der Waals surface area contributed by atoms with Crippen LogP contribution in [0.25, 0.3) is 0 Å². The number of carboxylic acids is 1. The van der Waals surface area contributed by atoms with E-state index in [4.69, 9.17) is 15.6 Å². The largest absolute Gasteiger partial charge is 0.480 e. The molecule has 1 aromatic heterocycles. The number of carbonyl (C=O) groups is 3. The topological polar surface area (TPSA) is 123 Å². The standard InChI is InChI=1S/C14H19N3O5/c1-14(2,3)22-13(21)17(8-11(18)19)7-10-6-9(12(15)20)4-5-16-10/h4-6H,7-8H2,1-3H3,(H2,15,20)(H,18,19). The zero-order valence-corrected chi connectivity index (χ0v) is 12.7. The lowest BCUT2D eigenvalue weighted by molar-refractivity contribution is -0.138. The molecule has 2 amide bonds. The van der Waals surface area contributed by atoms with Gasteiger partial charge in [-0.2, -0.15) is 0 Å². The van der Waals surface area contributed by atoms with Crippen molar-refractivity contribution in [1.29, 1.82) is 0 Å². The monoisotopic (exact) mass is 309 g/mol. The van der Waals surface area contributed by atoms with Crippen LogP contribution in [-0.2, 0) is 16.1 Å².